The summed E-state index contributed by atoms with van der Waals surface area (Å²) in [5, 5.41) is 3.67. The van der Waals surface area contributed by atoms with Crippen molar-refractivity contribution in [2.45, 2.75) is 52.5 Å². The van der Waals surface area contributed by atoms with Gasteiger partial charge in [-0.15, -0.1) is 0 Å². The Morgan fingerprint density at radius 3 is 2.68 bits per heavy atom. The molecule has 0 aliphatic rings. The molecular weight excluding hydrogens is 234 g/mol. The summed E-state index contributed by atoms with van der Waals surface area (Å²) in [6.45, 7) is 9.29. The van der Waals surface area contributed by atoms with E-state index in [0.717, 1.165) is 32.6 Å². The maximum absolute atomic E-state index is 5.43. The summed E-state index contributed by atoms with van der Waals surface area (Å²) in [7, 11) is 0. The molecule has 1 aromatic rings. The van der Waals surface area contributed by atoms with Crippen LogP contribution in [0.4, 0.5) is 0 Å². The molecule has 2 heteroatoms. The maximum Gasteiger partial charge on any atom is 0.0466 e. The van der Waals surface area contributed by atoms with Crippen molar-refractivity contribution >= 4 is 0 Å². The van der Waals surface area contributed by atoms with E-state index in [1.165, 1.54) is 24.0 Å². The van der Waals surface area contributed by atoms with Gasteiger partial charge in [0.05, 0.1) is 0 Å². The van der Waals surface area contributed by atoms with E-state index in [0.29, 0.717) is 6.04 Å². The van der Waals surface area contributed by atoms with E-state index < -0.39 is 0 Å². The second-order valence-electron chi connectivity index (χ2n) is 5.12. The highest BCUT2D eigenvalue weighted by Gasteiger charge is 2.09. The van der Waals surface area contributed by atoms with Crippen molar-refractivity contribution in [2.75, 3.05) is 19.8 Å². The first kappa shape index (κ1) is 16.2. The van der Waals surface area contributed by atoms with Gasteiger partial charge in [0.25, 0.3) is 0 Å². The minimum absolute atomic E-state index is 0.571. The van der Waals surface area contributed by atoms with Crippen molar-refractivity contribution in [3.8, 4) is 0 Å². The molecule has 0 radical (unpaired) electrons. The Kier molecular flexibility index (Phi) is 8.52. The zero-order valence-electron chi connectivity index (χ0n) is 12.7. The molecule has 1 N–H and O–H groups in total. The molecule has 0 heterocycles. The van der Waals surface area contributed by atoms with Gasteiger partial charge >= 0.3 is 0 Å². The highest BCUT2D eigenvalue weighted by atomic mass is 16.5. The predicted octanol–water partition coefficient (Wildman–Crippen LogP) is 3.72. The van der Waals surface area contributed by atoms with Gasteiger partial charge in [-0.25, -0.2) is 0 Å². The molecule has 1 aromatic carbocycles. The van der Waals surface area contributed by atoms with Crippen molar-refractivity contribution < 1.29 is 4.74 Å². The molecule has 0 aliphatic heterocycles. The number of rotatable bonds is 10. The minimum atomic E-state index is 0.571. The van der Waals surface area contributed by atoms with E-state index in [1.54, 1.807) is 0 Å². The van der Waals surface area contributed by atoms with Crippen molar-refractivity contribution in [1.29, 1.82) is 0 Å². The van der Waals surface area contributed by atoms with E-state index in [2.05, 4.69) is 50.4 Å². The number of hydrogen-bond donors (Lipinski definition) is 1. The number of benzene rings is 1. The number of hydrogen-bond acceptors (Lipinski definition) is 2. The third-order valence-electron chi connectivity index (χ3n) is 3.46. The average molecular weight is 263 g/mol. The molecule has 1 unspecified atom stereocenters. The minimum Gasteiger partial charge on any atom is -0.382 e. The molecule has 0 saturated heterocycles. The fraction of sp³-hybridized carbons (Fsp3) is 0.647. The van der Waals surface area contributed by atoms with Crippen LogP contribution < -0.4 is 5.32 Å². The van der Waals surface area contributed by atoms with Gasteiger partial charge in [-0.3, -0.25) is 0 Å². The Balaban J connectivity index is 2.46. The Bertz CT molecular complexity index is 338. The van der Waals surface area contributed by atoms with Gasteiger partial charge in [0.2, 0.25) is 0 Å². The topological polar surface area (TPSA) is 21.3 Å². The van der Waals surface area contributed by atoms with E-state index in [9.17, 15) is 0 Å². The molecule has 1 rings (SSSR count). The highest BCUT2D eigenvalue weighted by molar-refractivity contribution is 5.26. The summed E-state index contributed by atoms with van der Waals surface area (Å²) in [5.74, 6) is 0. The summed E-state index contributed by atoms with van der Waals surface area (Å²) in [6.07, 6.45) is 4.64. The van der Waals surface area contributed by atoms with Crippen LogP contribution in [0.5, 0.6) is 0 Å². The van der Waals surface area contributed by atoms with Gasteiger partial charge < -0.3 is 10.1 Å². The Hall–Kier alpha value is -0.860. The van der Waals surface area contributed by atoms with Crippen LogP contribution in [0.3, 0.4) is 0 Å². The van der Waals surface area contributed by atoms with Gasteiger partial charge in [0.15, 0.2) is 0 Å². The van der Waals surface area contributed by atoms with Crippen LogP contribution in [-0.2, 0) is 11.2 Å². The molecule has 108 valence electrons. The normalized spacial score (nSPS) is 12.6. The quantitative estimate of drug-likeness (QED) is 0.650. The van der Waals surface area contributed by atoms with E-state index in [-0.39, 0.29) is 0 Å². The molecule has 0 aromatic heterocycles. The van der Waals surface area contributed by atoms with Gasteiger partial charge in [0.1, 0.15) is 0 Å². The molecule has 0 spiro atoms. The largest absolute Gasteiger partial charge is 0.382 e. The Morgan fingerprint density at radius 1 is 1.21 bits per heavy atom. The molecule has 2 nitrogen and oxygen atoms in total. The van der Waals surface area contributed by atoms with Crippen LogP contribution in [0.25, 0.3) is 0 Å². The molecule has 0 aliphatic carbocycles. The first-order valence-electron chi connectivity index (χ1n) is 7.63. The molecule has 0 bridgehead atoms. The van der Waals surface area contributed by atoms with Gasteiger partial charge in [0, 0.05) is 19.3 Å². The first-order chi connectivity index (χ1) is 9.27. The Labute approximate surface area is 118 Å². The van der Waals surface area contributed by atoms with Crippen LogP contribution in [0.1, 0.15) is 44.2 Å². The lowest BCUT2D eigenvalue weighted by molar-refractivity contribution is 0.140. The monoisotopic (exact) mass is 263 g/mol. The standard InChI is InChI=1S/C17H29NO/c1-4-12-18-17(11-8-13-19-5-2)14-16-10-7-6-9-15(16)3/h6-7,9-10,17-18H,4-5,8,11-14H2,1-3H3. The van der Waals surface area contributed by atoms with Gasteiger partial charge in [-0.2, -0.15) is 0 Å². The van der Waals surface area contributed by atoms with Gasteiger partial charge in [-0.05, 0) is 57.2 Å². The van der Waals surface area contributed by atoms with E-state index in [1.807, 2.05) is 0 Å². The molecule has 1 atom stereocenters. The second-order valence-corrected chi connectivity index (χ2v) is 5.12. The highest BCUT2D eigenvalue weighted by Crippen LogP contribution is 2.12. The van der Waals surface area contributed by atoms with Crippen LogP contribution in [0.15, 0.2) is 24.3 Å². The zero-order valence-corrected chi connectivity index (χ0v) is 12.7. The summed E-state index contributed by atoms with van der Waals surface area (Å²) in [4.78, 5) is 0. The van der Waals surface area contributed by atoms with Crippen LogP contribution >= 0.6 is 0 Å². The third-order valence-corrected chi connectivity index (χ3v) is 3.46. The van der Waals surface area contributed by atoms with Gasteiger partial charge in [-0.1, -0.05) is 31.2 Å². The molecule has 0 amide bonds. The maximum atomic E-state index is 5.43. The van der Waals surface area contributed by atoms with Crippen molar-refractivity contribution in [1.82, 2.24) is 5.32 Å². The number of nitrogens with one attached hydrogen (secondary N) is 1. The molecule has 0 saturated carbocycles. The zero-order chi connectivity index (χ0) is 13.9. The van der Waals surface area contributed by atoms with Crippen molar-refractivity contribution in [3.63, 3.8) is 0 Å². The van der Waals surface area contributed by atoms with Crippen molar-refractivity contribution in [3.05, 3.63) is 35.4 Å². The molecule has 19 heavy (non-hydrogen) atoms. The third kappa shape index (κ3) is 6.74. The van der Waals surface area contributed by atoms with Crippen LogP contribution in [0, 0.1) is 6.92 Å². The van der Waals surface area contributed by atoms with E-state index in [4.69, 9.17) is 4.74 Å². The second kappa shape index (κ2) is 9.99. The number of aryl methyl sites for hydroxylation is 1. The summed E-state index contributed by atoms with van der Waals surface area (Å²) in [5.41, 5.74) is 2.86. The summed E-state index contributed by atoms with van der Waals surface area (Å²) in [6, 6.07) is 9.27. The number of ether oxygens (including phenoxy) is 1. The molecular formula is C17H29NO. The van der Waals surface area contributed by atoms with Crippen LogP contribution in [0.2, 0.25) is 0 Å². The predicted molar refractivity (Wildman–Crippen MR) is 82.7 cm³/mol. The van der Waals surface area contributed by atoms with Crippen molar-refractivity contribution in [2.24, 2.45) is 0 Å². The average Bonchev–Trinajstić information content (AvgIpc) is 2.43. The fourth-order valence-electron chi connectivity index (χ4n) is 2.31. The fourth-order valence-corrected chi connectivity index (χ4v) is 2.31. The summed E-state index contributed by atoms with van der Waals surface area (Å²) < 4.78 is 5.43. The lowest BCUT2D eigenvalue weighted by Gasteiger charge is -2.19. The summed E-state index contributed by atoms with van der Waals surface area (Å²) >= 11 is 0. The smallest absolute Gasteiger partial charge is 0.0466 e. The Morgan fingerprint density at radius 2 is 2.00 bits per heavy atom. The van der Waals surface area contributed by atoms with E-state index >= 15 is 0 Å². The molecule has 0 fully saturated rings. The SMILES string of the molecule is CCCNC(CCCOCC)Cc1ccccc1C. The lowest BCUT2D eigenvalue weighted by Crippen LogP contribution is -2.32. The first-order valence-corrected chi connectivity index (χ1v) is 7.63. The lowest BCUT2D eigenvalue weighted by atomic mass is 9.98. The van der Waals surface area contributed by atoms with Crippen LogP contribution in [-0.4, -0.2) is 25.8 Å².